The first kappa shape index (κ1) is 7.00. The Labute approximate surface area is 46.9 Å². The third-order valence-electron chi connectivity index (χ3n) is 2.05. The van der Waals surface area contributed by atoms with Gasteiger partial charge < -0.3 is 0 Å². The Morgan fingerprint density at radius 2 is 1.29 bits per heavy atom. The Kier molecular flexibility index (Phi) is 2.34. The van der Waals surface area contributed by atoms with Crippen LogP contribution in [-0.4, -0.2) is 0 Å². The van der Waals surface area contributed by atoms with Gasteiger partial charge in [-0.05, 0) is 11.8 Å². The maximum atomic E-state index is 2.33. The van der Waals surface area contributed by atoms with Crippen molar-refractivity contribution < 1.29 is 0 Å². The summed E-state index contributed by atoms with van der Waals surface area (Å²) in [4.78, 5) is 0. The molecule has 0 saturated heterocycles. The zero-order valence-corrected chi connectivity index (χ0v) is 4.57. The SMILES string of the molecule is C.CC1CCC1C. The Hall–Kier alpha value is 0. The summed E-state index contributed by atoms with van der Waals surface area (Å²) >= 11 is 0. The van der Waals surface area contributed by atoms with Gasteiger partial charge in [0.15, 0.2) is 0 Å². The smallest absolute Gasteiger partial charge is 0.0417 e. The number of rotatable bonds is 0. The van der Waals surface area contributed by atoms with Crippen molar-refractivity contribution in [2.75, 3.05) is 0 Å². The highest BCUT2D eigenvalue weighted by atomic mass is 14.3. The summed E-state index contributed by atoms with van der Waals surface area (Å²) in [6, 6.07) is 0. The molecule has 1 aliphatic rings. The van der Waals surface area contributed by atoms with Gasteiger partial charge in [-0.1, -0.05) is 34.1 Å². The first-order valence-electron chi connectivity index (χ1n) is 2.80. The van der Waals surface area contributed by atoms with Gasteiger partial charge in [0, 0.05) is 0 Å². The van der Waals surface area contributed by atoms with Crippen LogP contribution in [0.15, 0.2) is 0 Å². The quantitative estimate of drug-likeness (QED) is 0.439. The second-order valence-electron chi connectivity index (χ2n) is 2.53. The van der Waals surface area contributed by atoms with E-state index in [1.165, 1.54) is 12.8 Å². The van der Waals surface area contributed by atoms with Gasteiger partial charge in [0.1, 0.15) is 0 Å². The van der Waals surface area contributed by atoms with Crippen LogP contribution < -0.4 is 0 Å². The first-order chi connectivity index (χ1) is 2.80. The molecule has 0 spiro atoms. The van der Waals surface area contributed by atoms with E-state index in [2.05, 4.69) is 13.8 Å². The fraction of sp³-hybridized carbons (Fsp3) is 1.00. The van der Waals surface area contributed by atoms with Crippen LogP contribution in [0.5, 0.6) is 0 Å². The molecule has 0 aromatic carbocycles. The summed E-state index contributed by atoms with van der Waals surface area (Å²) < 4.78 is 0. The fourth-order valence-corrected chi connectivity index (χ4v) is 0.833. The Bertz CT molecular complexity index is 40.0. The standard InChI is InChI=1S/C6H12.CH4/c1-5-3-4-6(5)2;/h5-6H,3-4H2,1-2H3;1H4. The van der Waals surface area contributed by atoms with E-state index in [1.807, 2.05) is 0 Å². The maximum absolute atomic E-state index is 2.33. The van der Waals surface area contributed by atoms with Gasteiger partial charge in [-0.2, -0.15) is 0 Å². The lowest BCUT2D eigenvalue weighted by Gasteiger charge is -2.29. The summed E-state index contributed by atoms with van der Waals surface area (Å²) in [7, 11) is 0. The molecule has 0 bridgehead atoms. The van der Waals surface area contributed by atoms with Crippen LogP contribution in [0.25, 0.3) is 0 Å². The van der Waals surface area contributed by atoms with Crippen molar-refractivity contribution in [2.45, 2.75) is 34.1 Å². The van der Waals surface area contributed by atoms with E-state index in [1.54, 1.807) is 0 Å². The van der Waals surface area contributed by atoms with Crippen LogP contribution in [0.4, 0.5) is 0 Å². The topological polar surface area (TPSA) is 0 Å². The van der Waals surface area contributed by atoms with Gasteiger partial charge in [-0.25, -0.2) is 0 Å². The molecule has 0 amide bonds. The normalized spacial score (nSPS) is 38.6. The van der Waals surface area contributed by atoms with Crippen molar-refractivity contribution in [3.8, 4) is 0 Å². The lowest BCUT2D eigenvalue weighted by atomic mass is 9.77. The highest BCUT2D eigenvalue weighted by Crippen LogP contribution is 2.32. The molecule has 0 aromatic rings. The molecule has 0 aliphatic heterocycles. The van der Waals surface area contributed by atoms with E-state index in [0.29, 0.717) is 0 Å². The second-order valence-corrected chi connectivity index (χ2v) is 2.53. The molecule has 0 heterocycles. The molecule has 1 rings (SSSR count). The monoisotopic (exact) mass is 100 g/mol. The van der Waals surface area contributed by atoms with E-state index in [4.69, 9.17) is 0 Å². The number of hydrogen-bond acceptors (Lipinski definition) is 0. The zero-order valence-electron chi connectivity index (χ0n) is 4.57. The largest absolute Gasteiger partial charge is 0.0776 e. The van der Waals surface area contributed by atoms with Crippen LogP contribution in [0, 0.1) is 11.8 Å². The molecule has 0 nitrogen and oxygen atoms in total. The third-order valence-corrected chi connectivity index (χ3v) is 2.05. The minimum atomic E-state index is 0. The molecule has 1 saturated carbocycles. The maximum Gasteiger partial charge on any atom is -0.0417 e. The van der Waals surface area contributed by atoms with E-state index in [-0.39, 0.29) is 7.43 Å². The van der Waals surface area contributed by atoms with E-state index >= 15 is 0 Å². The summed E-state index contributed by atoms with van der Waals surface area (Å²) in [5, 5.41) is 0. The van der Waals surface area contributed by atoms with Gasteiger partial charge in [0.2, 0.25) is 0 Å². The van der Waals surface area contributed by atoms with Crippen molar-refractivity contribution in [3.05, 3.63) is 0 Å². The van der Waals surface area contributed by atoms with Crippen molar-refractivity contribution in [1.82, 2.24) is 0 Å². The highest BCUT2D eigenvalue weighted by Gasteiger charge is 2.20. The van der Waals surface area contributed by atoms with E-state index in [9.17, 15) is 0 Å². The predicted molar refractivity (Wildman–Crippen MR) is 34.3 cm³/mol. The molecule has 0 heteroatoms. The minimum absolute atomic E-state index is 0. The van der Waals surface area contributed by atoms with Crippen LogP contribution in [-0.2, 0) is 0 Å². The Balaban J connectivity index is 0.000000360. The minimum Gasteiger partial charge on any atom is -0.0776 e. The van der Waals surface area contributed by atoms with Crippen LogP contribution >= 0.6 is 0 Å². The van der Waals surface area contributed by atoms with E-state index in [0.717, 1.165) is 11.8 Å². The molecule has 0 aromatic heterocycles. The summed E-state index contributed by atoms with van der Waals surface area (Å²) in [6.45, 7) is 4.66. The summed E-state index contributed by atoms with van der Waals surface area (Å²) in [6.07, 6.45) is 2.95. The second kappa shape index (κ2) is 2.34. The van der Waals surface area contributed by atoms with Gasteiger partial charge in [-0.3, -0.25) is 0 Å². The molecule has 0 radical (unpaired) electrons. The molecule has 44 valence electrons. The third kappa shape index (κ3) is 1.19. The van der Waals surface area contributed by atoms with Crippen LogP contribution in [0.3, 0.4) is 0 Å². The van der Waals surface area contributed by atoms with Crippen molar-refractivity contribution >= 4 is 0 Å². The van der Waals surface area contributed by atoms with Gasteiger partial charge in [0.05, 0.1) is 0 Å². The molecule has 1 fully saturated rings. The molecular weight excluding hydrogens is 84.1 g/mol. The summed E-state index contributed by atoms with van der Waals surface area (Å²) in [5.74, 6) is 2.06. The van der Waals surface area contributed by atoms with Crippen LogP contribution in [0.2, 0.25) is 0 Å². The molecule has 2 atom stereocenters. The van der Waals surface area contributed by atoms with E-state index < -0.39 is 0 Å². The first-order valence-corrected chi connectivity index (χ1v) is 2.80. The van der Waals surface area contributed by atoms with Gasteiger partial charge in [-0.15, -0.1) is 0 Å². The van der Waals surface area contributed by atoms with Crippen molar-refractivity contribution in [3.63, 3.8) is 0 Å². The zero-order chi connectivity index (χ0) is 4.57. The molecule has 2 unspecified atom stereocenters. The van der Waals surface area contributed by atoms with Crippen molar-refractivity contribution in [1.29, 1.82) is 0 Å². The average molecular weight is 100 g/mol. The number of hydrogen-bond donors (Lipinski definition) is 0. The Morgan fingerprint density at radius 3 is 1.29 bits per heavy atom. The van der Waals surface area contributed by atoms with Crippen molar-refractivity contribution in [2.24, 2.45) is 11.8 Å². The lowest BCUT2D eigenvalue weighted by molar-refractivity contribution is 0.219. The average Bonchev–Trinajstić information content (AvgIpc) is 1.61. The lowest BCUT2D eigenvalue weighted by Crippen LogP contribution is -2.18. The Morgan fingerprint density at radius 1 is 1.00 bits per heavy atom. The molecule has 1 aliphatic carbocycles. The van der Waals surface area contributed by atoms with Gasteiger partial charge >= 0.3 is 0 Å². The highest BCUT2D eigenvalue weighted by molar-refractivity contribution is 4.71. The summed E-state index contributed by atoms with van der Waals surface area (Å²) in [5.41, 5.74) is 0. The predicted octanol–water partition coefficient (Wildman–Crippen LogP) is 2.69. The van der Waals surface area contributed by atoms with Crippen LogP contribution in [0.1, 0.15) is 34.1 Å². The molecular formula is C7H16. The fourth-order valence-electron chi connectivity index (χ4n) is 0.833. The molecule has 0 N–H and O–H groups in total. The van der Waals surface area contributed by atoms with Gasteiger partial charge in [0.25, 0.3) is 0 Å². The molecule has 7 heavy (non-hydrogen) atoms.